The molecule has 0 unspecified atom stereocenters. The number of fused-ring (bicyclic) bond motifs is 9. The summed E-state index contributed by atoms with van der Waals surface area (Å²) < 4.78 is 0. The van der Waals surface area contributed by atoms with Crippen LogP contribution in [0.15, 0.2) is 192 Å². The van der Waals surface area contributed by atoms with Crippen molar-refractivity contribution in [1.29, 1.82) is 0 Å². The van der Waals surface area contributed by atoms with Crippen molar-refractivity contribution in [3.63, 3.8) is 0 Å². The van der Waals surface area contributed by atoms with Gasteiger partial charge < -0.3 is 0 Å². The molecule has 0 amide bonds. The van der Waals surface area contributed by atoms with E-state index in [1.165, 1.54) is 48.7 Å². The third kappa shape index (κ3) is 4.30. The molecule has 2 aliphatic rings. The van der Waals surface area contributed by atoms with Crippen LogP contribution in [0, 0.1) is 0 Å². The lowest BCUT2D eigenvalue weighted by Crippen LogP contribution is -2.32. The molecule has 0 saturated carbocycles. The van der Waals surface area contributed by atoms with Crippen LogP contribution in [0.5, 0.6) is 0 Å². The maximum Gasteiger partial charge on any atom is 0.160 e. The largest absolute Gasteiger partial charge is 0.228 e. The molecule has 1 aliphatic heterocycles. The van der Waals surface area contributed by atoms with Crippen molar-refractivity contribution in [1.82, 2.24) is 9.97 Å². The van der Waals surface area contributed by atoms with Crippen molar-refractivity contribution in [2.45, 2.75) is 15.2 Å². The molecule has 3 heteroatoms. The van der Waals surface area contributed by atoms with E-state index in [2.05, 4.69) is 158 Å². The van der Waals surface area contributed by atoms with E-state index in [4.69, 9.17) is 9.97 Å². The van der Waals surface area contributed by atoms with Crippen LogP contribution in [0.2, 0.25) is 0 Å². The molecule has 1 aliphatic carbocycles. The van der Waals surface area contributed by atoms with Gasteiger partial charge >= 0.3 is 0 Å². The summed E-state index contributed by atoms with van der Waals surface area (Å²) in [6, 6.07) is 65.4. The molecule has 0 radical (unpaired) electrons. The molecule has 2 nitrogen and oxygen atoms in total. The normalized spacial score (nSPS) is 13.3. The van der Waals surface area contributed by atoms with Crippen LogP contribution in [-0.2, 0) is 5.41 Å². The maximum atomic E-state index is 5.25. The minimum atomic E-state index is -0.425. The summed E-state index contributed by atoms with van der Waals surface area (Å²) in [5, 5.41) is 0. The molecule has 234 valence electrons. The Bertz CT molecular complexity index is 2470. The predicted octanol–water partition coefficient (Wildman–Crippen LogP) is 12.0. The van der Waals surface area contributed by atoms with Crippen molar-refractivity contribution in [3.8, 4) is 56.2 Å². The average Bonchev–Trinajstić information content (AvgIpc) is 3.49. The molecular weight excluding hydrogens is 625 g/mol. The molecule has 0 atom stereocenters. The molecule has 7 aromatic carbocycles. The van der Waals surface area contributed by atoms with Crippen molar-refractivity contribution >= 4 is 11.8 Å². The summed E-state index contributed by atoms with van der Waals surface area (Å²) >= 11 is 1.89. The average molecular weight is 655 g/mol. The van der Waals surface area contributed by atoms with Gasteiger partial charge in [-0.05, 0) is 56.6 Å². The molecule has 50 heavy (non-hydrogen) atoms. The van der Waals surface area contributed by atoms with Gasteiger partial charge in [-0.25, -0.2) is 9.97 Å². The highest BCUT2D eigenvalue weighted by Crippen LogP contribution is 2.63. The molecule has 0 N–H and O–H groups in total. The van der Waals surface area contributed by atoms with Gasteiger partial charge in [-0.1, -0.05) is 182 Å². The lowest BCUT2D eigenvalue weighted by atomic mass is 9.67. The fraction of sp³-hybridized carbons (Fsp3) is 0.0213. The lowest BCUT2D eigenvalue weighted by Gasteiger charge is -2.40. The Balaban J connectivity index is 1.23. The van der Waals surface area contributed by atoms with E-state index in [0.29, 0.717) is 5.82 Å². The van der Waals surface area contributed by atoms with E-state index >= 15 is 0 Å². The van der Waals surface area contributed by atoms with E-state index in [1.807, 2.05) is 36.0 Å². The summed E-state index contributed by atoms with van der Waals surface area (Å²) in [5.41, 5.74) is 14.9. The second-order valence-electron chi connectivity index (χ2n) is 12.9. The number of rotatable bonds is 4. The standard InChI is InChI=1S/C47H30N2S/c1-3-16-31(17-4-1)42-30-43(49-46(48-42)32-18-5-2-6-19-32)36-23-8-7-20-33(36)37-24-15-28-41-45(37)50-44-29-14-13-27-40(44)47(41)38-25-11-9-21-34(38)35-22-10-12-26-39(35)47/h1-30H. The Kier molecular flexibility index (Phi) is 6.68. The van der Waals surface area contributed by atoms with Gasteiger partial charge in [0.25, 0.3) is 0 Å². The Labute approximate surface area is 296 Å². The second kappa shape index (κ2) is 11.5. The van der Waals surface area contributed by atoms with Gasteiger partial charge in [0, 0.05) is 26.5 Å². The van der Waals surface area contributed by atoms with Gasteiger partial charge in [0.2, 0.25) is 0 Å². The molecule has 8 aromatic rings. The first-order chi connectivity index (χ1) is 24.8. The molecule has 0 bridgehead atoms. The number of hydrogen-bond acceptors (Lipinski definition) is 3. The van der Waals surface area contributed by atoms with E-state index in [0.717, 1.165) is 33.6 Å². The van der Waals surface area contributed by atoms with Crippen LogP contribution in [0.1, 0.15) is 22.3 Å². The highest BCUT2D eigenvalue weighted by molar-refractivity contribution is 7.99. The lowest BCUT2D eigenvalue weighted by molar-refractivity contribution is 0.723. The molecule has 0 fully saturated rings. The number of benzene rings is 7. The van der Waals surface area contributed by atoms with Gasteiger partial charge in [-0.2, -0.15) is 0 Å². The predicted molar refractivity (Wildman–Crippen MR) is 205 cm³/mol. The summed E-state index contributed by atoms with van der Waals surface area (Å²) in [6.07, 6.45) is 0. The highest BCUT2D eigenvalue weighted by atomic mass is 32.2. The first kappa shape index (κ1) is 28.9. The first-order valence-electron chi connectivity index (χ1n) is 17.0. The Morgan fingerprint density at radius 1 is 0.360 bits per heavy atom. The molecule has 10 rings (SSSR count). The Morgan fingerprint density at radius 3 is 1.56 bits per heavy atom. The van der Waals surface area contributed by atoms with Crippen molar-refractivity contribution < 1.29 is 0 Å². The summed E-state index contributed by atoms with van der Waals surface area (Å²) in [5.74, 6) is 0.716. The highest BCUT2D eigenvalue weighted by Gasteiger charge is 2.50. The van der Waals surface area contributed by atoms with E-state index in [1.54, 1.807) is 0 Å². The molecule has 1 spiro atoms. The van der Waals surface area contributed by atoms with Gasteiger partial charge in [0.15, 0.2) is 5.82 Å². The number of hydrogen-bond donors (Lipinski definition) is 0. The van der Waals surface area contributed by atoms with Crippen molar-refractivity contribution in [2.75, 3.05) is 0 Å². The first-order valence-corrected chi connectivity index (χ1v) is 17.8. The number of nitrogens with zero attached hydrogens (tertiary/aromatic N) is 2. The maximum absolute atomic E-state index is 5.25. The van der Waals surface area contributed by atoms with Crippen LogP contribution in [0.3, 0.4) is 0 Å². The zero-order valence-corrected chi connectivity index (χ0v) is 27.9. The second-order valence-corrected chi connectivity index (χ2v) is 13.9. The van der Waals surface area contributed by atoms with Crippen LogP contribution in [-0.4, -0.2) is 9.97 Å². The van der Waals surface area contributed by atoms with Crippen molar-refractivity contribution in [2.24, 2.45) is 0 Å². The van der Waals surface area contributed by atoms with Crippen LogP contribution in [0.25, 0.3) is 56.2 Å². The van der Waals surface area contributed by atoms with E-state index in [9.17, 15) is 0 Å². The molecular formula is C47H30N2S. The smallest absolute Gasteiger partial charge is 0.160 e. The Morgan fingerprint density at radius 2 is 0.860 bits per heavy atom. The molecule has 2 heterocycles. The minimum absolute atomic E-state index is 0.425. The van der Waals surface area contributed by atoms with Crippen LogP contribution < -0.4 is 0 Å². The third-order valence-corrected chi connectivity index (χ3v) is 11.4. The Hall–Kier alpha value is -6.03. The monoisotopic (exact) mass is 654 g/mol. The van der Waals surface area contributed by atoms with Gasteiger partial charge in [0.05, 0.1) is 16.8 Å². The number of aromatic nitrogens is 2. The third-order valence-electron chi connectivity index (χ3n) is 10.2. The van der Waals surface area contributed by atoms with E-state index in [-0.39, 0.29) is 0 Å². The molecule has 1 aromatic heterocycles. The van der Waals surface area contributed by atoms with Gasteiger partial charge in [-0.15, -0.1) is 0 Å². The topological polar surface area (TPSA) is 25.8 Å². The fourth-order valence-electron chi connectivity index (χ4n) is 8.09. The minimum Gasteiger partial charge on any atom is -0.228 e. The SMILES string of the molecule is c1ccc(-c2cc(-c3ccccc3-c3cccc4c3Sc3ccccc3C43c4ccccc4-c4ccccc43)nc(-c3ccccc3)n2)cc1. The van der Waals surface area contributed by atoms with Gasteiger partial charge in [-0.3, -0.25) is 0 Å². The van der Waals surface area contributed by atoms with Crippen LogP contribution in [0.4, 0.5) is 0 Å². The molecule has 0 saturated heterocycles. The summed E-state index contributed by atoms with van der Waals surface area (Å²) in [6.45, 7) is 0. The quantitative estimate of drug-likeness (QED) is 0.189. The summed E-state index contributed by atoms with van der Waals surface area (Å²) in [7, 11) is 0. The zero-order valence-electron chi connectivity index (χ0n) is 27.1. The van der Waals surface area contributed by atoms with E-state index < -0.39 is 5.41 Å². The fourth-order valence-corrected chi connectivity index (χ4v) is 9.41. The summed E-state index contributed by atoms with van der Waals surface area (Å²) in [4.78, 5) is 12.9. The zero-order chi connectivity index (χ0) is 33.1. The van der Waals surface area contributed by atoms with Crippen molar-refractivity contribution in [3.05, 3.63) is 204 Å². The van der Waals surface area contributed by atoms with Gasteiger partial charge in [0.1, 0.15) is 0 Å². The van der Waals surface area contributed by atoms with Crippen LogP contribution >= 0.6 is 11.8 Å².